The maximum atomic E-state index is 5.49. The average molecular weight is 273 g/mol. The van der Waals surface area contributed by atoms with Crippen molar-refractivity contribution in [2.75, 3.05) is 20.7 Å². The molecule has 2 atom stereocenters. The number of hydrogen-bond donors (Lipinski definition) is 1. The Labute approximate surface area is 122 Å². The van der Waals surface area contributed by atoms with Gasteiger partial charge in [-0.2, -0.15) is 0 Å². The van der Waals surface area contributed by atoms with Gasteiger partial charge in [0.25, 0.3) is 0 Å². The highest BCUT2D eigenvalue weighted by Crippen LogP contribution is 2.52. The van der Waals surface area contributed by atoms with E-state index >= 15 is 0 Å². The quantitative estimate of drug-likeness (QED) is 0.903. The molecule has 20 heavy (non-hydrogen) atoms. The van der Waals surface area contributed by atoms with Crippen molar-refractivity contribution in [1.29, 1.82) is 0 Å². The van der Waals surface area contributed by atoms with Crippen molar-refractivity contribution >= 4 is 0 Å². The second-order valence-electron chi connectivity index (χ2n) is 6.51. The molecule has 0 saturated heterocycles. The van der Waals surface area contributed by atoms with Crippen molar-refractivity contribution in [3.8, 4) is 5.75 Å². The monoisotopic (exact) mass is 273 g/mol. The van der Waals surface area contributed by atoms with Gasteiger partial charge in [-0.1, -0.05) is 18.9 Å². The van der Waals surface area contributed by atoms with E-state index in [1.165, 1.54) is 44.9 Å². The zero-order valence-corrected chi connectivity index (χ0v) is 12.9. The van der Waals surface area contributed by atoms with Gasteiger partial charge in [0.15, 0.2) is 0 Å². The topological polar surface area (TPSA) is 21.3 Å². The van der Waals surface area contributed by atoms with E-state index < -0.39 is 0 Å². The number of ether oxygens (including phenoxy) is 1. The second-order valence-corrected chi connectivity index (χ2v) is 6.51. The maximum absolute atomic E-state index is 5.49. The van der Waals surface area contributed by atoms with Crippen LogP contribution in [0.1, 0.15) is 49.7 Å². The predicted molar refractivity (Wildman–Crippen MR) is 83.5 cm³/mol. The molecule has 0 spiro atoms. The highest BCUT2D eigenvalue weighted by atomic mass is 16.5. The van der Waals surface area contributed by atoms with Gasteiger partial charge in [0.05, 0.1) is 7.11 Å². The molecule has 0 radical (unpaired) electrons. The minimum atomic E-state index is 0.406. The van der Waals surface area contributed by atoms with E-state index in [1.54, 1.807) is 18.2 Å². The fourth-order valence-electron chi connectivity index (χ4n) is 4.59. The lowest BCUT2D eigenvalue weighted by molar-refractivity contribution is 0.147. The van der Waals surface area contributed by atoms with E-state index in [2.05, 4.69) is 30.6 Å². The first-order valence-corrected chi connectivity index (χ1v) is 8.12. The van der Waals surface area contributed by atoms with Gasteiger partial charge in [-0.05, 0) is 80.3 Å². The molecule has 1 aromatic rings. The molecule has 1 fully saturated rings. The molecule has 2 nitrogen and oxygen atoms in total. The number of fused-ring (bicyclic) bond motifs is 3. The van der Waals surface area contributed by atoms with Gasteiger partial charge in [0.2, 0.25) is 0 Å². The largest absolute Gasteiger partial charge is 0.497 e. The minimum Gasteiger partial charge on any atom is -0.497 e. The van der Waals surface area contributed by atoms with Gasteiger partial charge < -0.3 is 10.1 Å². The van der Waals surface area contributed by atoms with E-state index in [9.17, 15) is 0 Å². The summed E-state index contributed by atoms with van der Waals surface area (Å²) in [5.41, 5.74) is 3.58. The number of nitrogens with one attached hydrogen (secondary N) is 1. The van der Waals surface area contributed by atoms with E-state index in [-0.39, 0.29) is 0 Å². The van der Waals surface area contributed by atoms with Gasteiger partial charge in [-0.25, -0.2) is 0 Å². The Bertz CT molecular complexity index is 470. The van der Waals surface area contributed by atoms with Crippen LogP contribution in [0.15, 0.2) is 18.2 Å². The molecule has 110 valence electrons. The Balaban J connectivity index is 2.04. The Morgan fingerprint density at radius 3 is 3.00 bits per heavy atom. The minimum absolute atomic E-state index is 0.406. The van der Waals surface area contributed by atoms with Crippen molar-refractivity contribution in [2.24, 2.45) is 5.92 Å². The number of methoxy groups -OCH3 is 1. The summed E-state index contributed by atoms with van der Waals surface area (Å²) in [6.45, 7) is 1.12. The van der Waals surface area contributed by atoms with Gasteiger partial charge >= 0.3 is 0 Å². The van der Waals surface area contributed by atoms with Crippen LogP contribution in [0.5, 0.6) is 5.75 Å². The predicted octanol–water partition coefficient (Wildman–Crippen LogP) is 3.68. The summed E-state index contributed by atoms with van der Waals surface area (Å²) < 4.78 is 5.49. The molecule has 2 heteroatoms. The first-order valence-electron chi connectivity index (χ1n) is 8.12. The van der Waals surface area contributed by atoms with Crippen molar-refractivity contribution in [3.63, 3.8) is 0 Å². The van der Waals surface area contributed by atoms with Crippen LogP contribution in [0.2, 0.25) is 0 Å². The van der Waals surface area contributed by atoms with Gasteiger partial charge in [-0.3, -0.25) is 0 Å². The average Bonchev–Trinajstić information content (AvgIpc) is 2.52. The molecule has 0 aliphatic heterocycles. The Hall–Kier alpha value is -1.02. The highest BCUT2D eigenvalue weighted by Gasteiger charge is 2.44. The van der Waals surface area contributed by atoms with Crippen molar-refractivity contribution in [2.45, 2.75) is 50.4 Å². The van der Waals surface area contributed by atoms with Crippen molar-refractivity contribution in [1.82, 2.24) is 5.32 Å². The van der Waals surface area contributed by atoms with E-state index in [4.69, 9.17) is 4.74 Å². The van der Waals surface area contributed by atoms with Gasteiger partial charge in [-0.15, -0.1) is 0 Å². The van der Waals surface area contributed by atoms with Crippen molar-refractivity contribution in [3.05, 3.63) is 29.3 Å². The molecule has 1 saturated carbocycles. The molecule has 3 rings (SSSR count). The number of hydrogen-bond acceptors (Lipinski definition) is 2. The zero-order valence-electron chi connectivity index (χ0n) is 12.9. The summed E-state index contributed by atoms with van der Waals surface area (Å²) in [7, 11) is 3.85. The fraction of sp³-hybridized carbons (Fsp3) is 0.667. The summed E-state index contributed by atoms with van der Waals surface area (Å²) in [5.74, 6) is 1.91. The molecule has 0 aromatic heterocycles. The molecule has 2 aliphatic rings. The number of aryl methyl sites for hydroxylation is 1. The van der Waals surface area contributed by atoms with Crippen LogP contribution in [0.25, 0.3) is 0 Å². The lowest BCUT2D eigenvalue weighted by atomic mass is 9.56. The Morgan fingerprint density at radius 1 is 1.30 bits per heavy atom. The molecular weight excluding hydrogens is 246 g/mol. The molecule has 0 amide bonds. The SMILES string of the molecule is CNCC[C@]12CCCC[C@H]1CCc1ccc(OC)cc12. The molecule has 2 aliphatic carbocycles. The first kappa shape index (κ1) is 13.9. The lowest BCUT2D eigenvalue weighted by Gasteiger charge is -2.49. The normalized spacial score (nSPS) is 28.6. The number of benzene rings is 1. The third-order valence-corrected chi connectivity index (χ3v) is 5.64. The van der Waals surface area contributed by atoms with Crippen LogP contribution in [0.4, 0.5) is 0 Å². The van der Waals surface area contributed by atoms with Crippen LogP contribution < -0.4 is 10.1 Å². The molecule has 1 N–H and O–H groups in total. The fourth-order valence-corrected chi connectivity index (χ4v) is 4.59. The molecule has 0 bridgehead atoms. The summed E-state index contributed by atoms with van der Waals surface area (Å²) in [5, 5.41) is 3.37. The van der Waals surface area contributed by atoms with Crippen LogP contribution in [-0.4, -0.2) is 20.7 Å². The van der Waals surface area contributed by atoms with E-state index in [0.29, 0.717) is 5.41 Å². The van der Waals surface area contributed by atoms with Crippen LogP contribution in [0.3, 0.4) is 0 Å². The first-order chi connectivity index (χ1) is 9.80. The summed E-state index contributed by atoms with van der Waals surface area (Å²) in [6.07, 6.45) is 9.49. The van der Waals surface area contributed by atoms with Crippen LogP contribution >= 0.6 is 0 Å². The van der Waals surface area contributed by atoms with Gasteiger partial charge in [0.1, 0.15) is 5.75 Å². The van der Waals surface area contributed by atoms with E-state index in [0.717, 1.165) is 18.2 Å². The second kappa shape index (κ2) is 5.77. The maximum Gasteiger partial charge on any atom is 0.119 e. The van der Waals surface area contributed by atoms with E-state index in [1.807, 2.05) is 0 Å². The summed E-state index contributed by atoms with van der Waals surface area (Å²) in [4.78, 5) is 0. The number of rotatable bonds is 4. The molecular formula is C18H27NO. The third-order valence-electron chi connectivity index (χ3n) is 5.64. The Kier molecular flexibility index (Phi) is 4.02. The standard InChI is InChI=1S/C18H27NO/c1-19-12-11-18-10-4-3-5-15(18)8-6-14-7-9-16(20-2)13-17(14)18/h7,9,13,15,19H,3-6,8,10-12H2,1-2H3/t15-,18+/m0/s1. The summed E-state index contributed by atoms with van der Waals surface area (Å²) >= 11 is 0. The highest BCUT2D eigenvalue weighted by molar-refractivity contribution is 5.43. The molecule has 0 heterocycles. The molecule has 1 aromatic carbocycles. The Morgan fingerprint density at radius 2 is 2.20 bits per heavy atom. The van der Waals surface area contributed by atoms with Crippen molar-refractivity contribution < 1.29 is 4.74 Å². The summed E-state index contributed by atoms with van der Waals surface area (Å²) in [6, 6.07) is 6.77. The van der Waals surface area contributed by atoms with Gasteiger partial charge in [0, 0.05) is 0 Å². The lowest BCUT2D eigenvalue weighted by Crippen LogP contribution is -2.43. The smallest absolute Gasteiger partial charge is 0.119 e. The van der Waals surface area contributed by atoms with Crippen LogP contribution in [0, 0.1) is 5.92 Å². The molecule has 0 unspecified atom stereocenters. The third kappa shape index (κ3) is 2.24. The zero-order chi connectivity index (χ0) is 14.0. The van der Waals surface area contributed by atoms with Crippen LogP contribution in [-0.2, 0) is 11.8 Å².